The number of ether oxygens (including phenoxy) is 1. The number of hydrogen-bond donors (Lipinski definition) is 1. The Balaban J connectivity index is 1.83. The van der Waals surface area contributed by atoms with E-state index in [2.05, 4.69) is 10.4 Å². The first-order chi connectivity index (χ1) is 12.3. The molecule has 0 bridgehead atoms. The normalized spacial score (nSPS) is 18.8. The van der Waals surface area contributed by atoms with Crippen molar-refractivity contribution in [3.8, 4) is 5.75 Å². The SMILES string of the molecule is COc1ccc(NC(=O)c2cc(C(C)C)n([C@H]3CCS(=O)(=O)C3)n2)cc1. The molecule has 0 unspecified atom stereocenters. The molecule has 1 amide bonds. The molecule has 0 aliphatic carbocycles. The Hall–Kier alpha value is -2.35. The molecule has 1 N–H and O–H groups in total. The van der Waals surface area contributed by atoms with Crippen LogP contribution in [0.5, 0.6) is 5.75 Å². The van der Waals surface area contributed by atoms with Crippen LogP contribution in [0.4, 0.5) is 5.69 Å². The van der Waals surface area contributed by atoms with Crippen molar-refractivity contribution < 1.29 is 17.9 Å². The number of methoxy groups -OCH3 is 1. The molecule has 26 heavy (non-hydrogen) atoms. The Labute approximate surface area is 153 Å². The zero-order valence-corrected chi connectivity index (χ0v) is 15.9. The summed E-state index contributed by atoms with van der Waals surface area (Å²) in [7, 11) is -1.45. The fraction of sp³-hybridized carbons (Fsp3) is 0.444. The summed E-state index contributed by atoms with van der Waals surface area (Å²) in [4.78, 5) is 12.6. The van der Waals surface area contributed by atoms with Gasteiger partial charge in [-0.25, -0.2) is 8.42 Å². The molecule has 2 aromatic rings. The number of carbonyl (C=O) groups is 1. The molecular formula is C18H23N3O4S. The van der Waals surface area contributed by atoms with Gasteiger partial charge in [-0.2, -0.15) is 5.10 Å². The fourth-order valence-corrected chi connectivity index (χ4v) is 4.77. The van der Waals surface area contributed by atoms with Crippen LogP contribution >= 0.6 is 0 Å². The molecule has 1 aromatic heterocycles. The first-order valence-electron chi connectivity index (χ1n) is 8.54. The lowest BCUT2D eigenvalue weighted by molar-refractivity contribution is 0.102. The van der Waals surface area contributed by atoms with Gasteiger partial charge in [-0.1, -0.05) is 13.8 Å². The fourth-order valence-electron chi connectivity index (χ4n) is 3.08. The van der Waals surface area contributed by atoms with Gasteiger partial charge in [0.25, 0.3) is 5.91 Å². The third-order valence-corrected chi connectivity index (χ3v) is 6.24. The van der Waals surface area contributed by atoms with Crippen LogP contribution in [0.15, 0.2) is 30.3 Å². The van der Waals surface area contributed by atoms with Crippen molar-refractivity contribution in [3.05, 3.63) is 41.7 Å². The number of nitrogens with one attached hydrogen (secondary N) is 1. The van der Waals surface area contributed by atoms with Gasteiger partial charge in [-0.15, -0.1) is 0 Å². The van der Waals surface area contributed by atoms with Gasteiger partial charge < -0.3 is 10.1 Å². The summed E-state index contributed by atoms with van der Waals surface area (Å²) in [5.41, 5.74) is 1.79. The minimum atomic E-state index is -3.03. The maximum Gasteiger partial charge on any atom is 0.276 e. The van der Waals surface area contributed by atoms with Crippen LogP contribution in [0.1, 0.15) is 48.4 Å². The molecule has 2 heterocycles. The maximum absolute atomic E-state index is 12.6. The number of aromatic nitrogens is 2. The highest BCUT2D eigenvalue weighted by molar-refractivity contribution is 7.91. The zero-order chi connectivity index (χ0) is 18.9. The molecule has 1 fully saturated rings. The van der Waals surface area contributed by atoms with Gasteiger partial charge in [0.05, 0.1) is 24.7 Å². The molecular weight excluding hydrogens is 354 g/mol. The number of anilines is 1. The number of amides is 1. The minimum absolute atomic E-state index is 0.0773. The number of sulfone groups is 1. The average molecular weight is 377 g/mol. The molecule has 0 radical (unpaired) electrons. The van der Waals surface area contributed by atoms with Crippen LogP contribution in [0.25, 0.3) is 0 Å². The quantitative estimate of drug-likeness (QED) is 0.865. The summed E-state index contributed by atoms with van der Waals surface area (Å²) in [6.07, 6.45) is 0.531. The highest BCUT2D eigenvalue weighted by atomic mass is 32.2. The molecule has 140 valence electrons. The van der Waals surface area contributed by atoms with Crippen LogP contribution < -0.4 is 10.1 Å². The molecule has 0 saturated carbocycles. The third-order valence-electron chi connectivity index (χ3n) is 4.49. The van der Waals surface area contributed by atoms with E-state index in [1.165, 1.54) is 0 Å². The zero-order valence-electron chi connectivity index (χ0n) is 15.1. The lowest BCUT2D eigenvalue weighted by Crippen LogP contribution is -2.17. The van der Waals surface area contributed by atoms with E-state index in [1.807, 2.05) is 13.8 Å². The number of benzene rings is 1. The molecule has 1 aliphatic heterocycles. The minimum Gasteiger partial charge on any atom is -0.497 e. The molecule has 1 saturated heterocycles. The summed E-state index contributed by atoms with van der Waals surface area (Å²) in [5.74, 6) is 0.762. The van der Waals surface area contributed by atoms with Crippen molar-refractivity contribution in [2.45, 2.75) is 32.2 Å². The van der Waals surface area contributed by atoms with Gasteiger partial charge in [0.1, 0.15) is 5.75 Å². The van der Waals surface area contributed by atoms with Crippen molar-refractivity contribution in [3.63, 3.8) is 0 Å². The Kier molecular flexibility index (Phi) is 5.04. The molecule has 1 aliphatic rings. The summed E-state index contributed by atoms with van der Waals surface area (Å²) in [6.45, 7) is 4.00. The van der Waals surface area contributed by atoms with Crippen LogP contribution in [0.3, 0.4) is 0 Å². The maximum atomic E-state index is 12.6. The van der Waals surface area contributed by atoms with E-state index >= 15 is 0 Å². The van der Waals surface area contributed by atoms with E-state index in [1.54, 1.807) is 42.1 Å². The molecule has 7 nitrogen and oxygen atoms in total. The van der Waals surface area contributed by atoms with E-state index in [9.17, 15) is 13.2 Å². The van der Waals surface area contributed by atoms with E-state index in [4.69, 9.17) is 4.74 Å². The molecule has 8 heteroatoms. The second kappa shape index (κ2) is 7.11. The Morgan fingerprint density at radius 2 is 2.00 bits per heavy atom. The summed E-state index contributed by atoms with van der Waals surface area (Å²) in [6, 6.07) is 8.56. The largest absolute Gasteiger partial charge is 0.497 e. The second-order valence-corrected chi connectivity index (χ2v) is 9.02. The van der Waals surface area contributed by atoms with E-state index < -0.39 is 9.84 Å². The van der Waals surface area contributed by atoms with Gasteiger partial charge in [0, 0.05) is 11.4 Å². The Morgan fingerprint density at radius 1 is 1.31 bits per heavy atom. The van der Waals surface area contributed by atoms with Crippen molar-refractivity contribution >= 4 is 21.4 Å². The highest BCUT2D eigenvalue weighted by Gasteiger charge is 2.32. The molecule has 3 rings (SSSR count). The second-order valence-electron chi connectivity index (χ2n) is 6.79. The third kappa shape index (κ3) is 3.90. The average Bonchev–Trinajstić information content (AvgIpc) is 3.19. The van der Waals surface area contributed by atoms with Crippen LogP contribution in [0, 0.1) is 0 Å². The first kappa shape index (κ1) is 18.4. The molecule has 1 atom stereocenters. The molecule has 1 aromatic carbocycles. The Bertz CT molecular complexity index is 901. The van der Waals surface area contributed by atoms with Gasteiger partial charge >= 0.3 is 0 Å². The lowest BCUT2D eigenvalue weighted by atomic mass is 10.1. The van der Waals surface area contributed by atoms with Crippen molar-refractivity contribution in [2.24, 2.45) is 0 Å². The van der Waals surface area contributed by atoms with Gasteiger partial charge in [-0.05, 0) is 42.7 Å². The van der Waals surface area contributed by atoms with Crippen molar-refractivity contribution in [1.29, 1.82) is 0 Å². The van der Waals surface area contributed by atoms with Crippen molar-refractivity contribution in [1.82, 2.24) is 9.78 Å². The van der Waals surface area contributed by atoms with Gasteiger partial charge in [0.15, 0.2) is 15.5 Å². The summed E-state index contributed by atoms with van der Waals surface area (Å²) in [5, 5.41) is 7.23. The highest BCUT2D eigenvalue weighted by Crippen LogP contribution is 2.28. The standard InChI is InChI=1S/C18H23N3O4S/c1-12(2)17-10-16(20-21(17)14-8-9-26(23,24)11-14)18(22)19-13-4-6-15(25-3)7-5-13/h4-7,10,12,14H,8-9,11H2,1-3H3,(H,19,22)/t14-/m0/s1. The molecule has 0 spiro atoms. The summed E-state index contributed by atoms with van der Waals surface area (Å²) >= 11 is 0. The van der Waals surface area contributed by atoms with Crippen LogP contribution in [-0.2, 0) is 9.84 Å². The predicted molar refractivity (Wildman–Crippen MR) is 99.6 cm³/mol. The topological polar surface area (TPSA) is 90.3 Å². The number of carbonyl (C=O) groups excluding carboxylic acids is 1. The number of rotatable bonds is 5. The van der Waals surface area contributed by atoms with Crippen LogP contribution in [0.2, 0.25) is 0 Å². The lowest BCUT2D eigenvalue weighted by Gasteiger charge is -2.15. The number of hydrogen-bond acceptors (Lipinski definition) is 5. The monoisotopic (exact) mass is 377 g/mol. The predicted octanol–water partition coefficient (Wildman–Crippen LogP) is 2.63. The summed E-state index contributed by atoms with van der Waals surface area (Å²) < 4.78 is 30.4. The van der Waals surface area contributed by atoms with E-state index in [0.717, 1.165) is 5.69 Å². The Morgan fingerprint density at radius 3 is 2.54 bits per heavy atom. The number of nitrogens with zero attached hydrogens (tertiary/aromatic N) is 2. The van der Waals surface area contributed by atoms with Crippen LogP contribution in [-0.4, -0.2) is 42.7 Å². The van der Waals surface area contributed by atoms with E-state index in [0.29, 0.717) is 17.9 Å². The smallest absolute Gasteiger partial charge is 0.276 e. The van der Waals surface area contributed by atoms with Crippen molar-refractivity contribution in [2.75, 3.05) is 23.9 Å². The van der Waals surface area contributed by atoms with Gasteiger partial charge in [0.2, 0.25) is 0 Å². The first-order valence-corrected chi connectivity index (χ1v) is 10.4. The van der Waals surface area contributed by atoms with E-state index in [-0.39, 0.29) is 35.1 Å². The van der Waals surface area contributed by atoms with Gasteiger partial charge in [-0.3, -0.25) is 9.48 Å².